The summed E-state index contributed by atoms with van der Waals surface area (Å²) in [7, 11) is 0. The van der Waals surface area contributed by atoms with Gasteiger partial charge in [-0.2, -0.15) is 0 Å². The highest BCUT2D eigenvalue weighted by molar-refractivity contribution is 5.91. The Kier molecular flexibility index (Phi) is 4.62. The van der Waals surface area contributed by atoms with E-state index in [0.29, 0.717) is 6.54 Å². The number of piperidine rings is 1. The number of rotatable bonds is 6. The summed E-state index contributed by atoms with van der Waals surface area (Å²) in [5.41, 5.74) is 0.846. The number of hydrogen-bond acceptors (Lipinski definition) is 2. The van der Waals surface area contributed by atoms with E-state index in [1.54, 1.807) is 6.26 Å². The fourth-order valence-electron chi connectivity index (χ4n) is 4.18. The summed E-state index contributed by atoms with van der Waals surface area (Å²) in [5, 5.41) is 3.25. The molecular weight excluding hydrogens is 312 g/mol. The third-order valence-electron chi connectivity index (χ3n) is 5.85. The van der Waals surface area contributed by atoms with Gasteiger partial charge in [-0.3, -0.25) is 4.79 Å². The normalized spacial score (nSPS) is 20.8. The molecule has 0 unspecified atom stereocenters. The average Bonchev–Trinajstić information content (AvgIpc) is 3.32. The SMILES string of the molecule is O=C(NC[C@H](c1ccco1)[NH+]1CCCCC1)C1(c2ccccc2)CC1. The minimum Gasteiger partial charge on any atom is -0.463 e. The number of nitrogens with one attached hydrogen (secondary N) is 2. The molecule has 1 saturated carbocycles. The van der Waals surface area contributed by atoms with Crippen LogP contribution in [-0.2, 0) is 10.2 Å². The van der Waals surface area contributed by atoms with Gasteiger partial charge >= 0.3 is 0 Å². The molecule has 0 radical (unpaired) electrons. The maximum Gasteiger partial charge on any atom is 0.230 e. The molecule has 1 aliphatic carbocycles. The highest BCUT2D eigenvalue weighted by Gasteiger charge is 2.51. The van der Waals surface area contributed by atoms with E-state index < -0.39 is 0 Å². The van der Waals surface area contributed by atoms with Gasteiger partial charge in [-0.1, -0.05) is 30.3 Å². The van der Waals surface area contributed by atoms with Crippen LogP contribution in [0.25, 0.3) is 0 Å². The first kappa shape index (κ1) is 16.4. The van der Waals surface area contributed by atoms with E-state index in [0.717, 1.165) is 37.3 Å². The summed E-state index contributed by atoms with van der Waals surface area (Å²) >= 11 is 0. The van der Waals surface area contributed by atoms with Crippen molar-refractivity contribution in [2.75, 3.05) is 19.6 Å². The fourth-order valence-corrected chi connectivity index (χ4v) is 4.18. The van der Waals surface area contributed by atoms with E-state index in [2.05, 4.69) is 17.4 Å². The van der Waals surface area contributed by atoms with Crippen LogP contribution < -0.4 is 10.2 Å². The van der Waals surface area contributed by atoms with Crippen molar-refractivity contribution in [2.24, 2.45) is 0 Å². The van der Waals surface area contributed by atoms with Crippen LogP contribution in [0.3, 0.4) is 0 Å². The van der Waals surface area contributed by atoms with Gasteiger partial charge in [0.05, 0.1) is 31.3 Å². The summed E-state index contributed by atoms with van der Waals surface area (Å²) in [6.45, 7) is 2.96. The molecule has 4 heteroatoms. The maximum absolute atomic E-state index is 12.9. The number of quaternary nitrogens is 1. The Morgan fingerprint density at radius 2 is 1.84 bits per heavy atom. The third-order valence-corrected chi connectivity index (χ3v) is 5.85. The van der Waals surface area contributed by atoms with E-state index in [1.807, 2.05) is 30.3 Å². The number of carbonyl (C=O) groups excluding carboxylic acids is 1. The number of furan rings is 1. The second kappa shape index (κ2) is 7.04. The fraction of sp³-hybridized carbons (Fsp3) is 0.476. The number of benzene rings is 1. The highest BCUT2D eigenvalue weighted by Crippen LogP contribution is 2.48. The van der Waals surface area contributed by atoms with Crippen LogP contribution in [0.15, 0.2) is 53.1 Å². The Balaban J connectivity index is 1.45. The highest BCUT2D eigenvalue weighted by atomic mass is 16.3. The Morgan fingerprint density at radius 1 is 1.08 bits per heavy atom. The first-order valence-corrected chi connectivity index (χ1v) is 9.51. The lowest BCUT2D eigenvalue weighted by Gasteiger charge is -2.31. The van der Waals surface area contributed by atoms with Crippen LogP contribution in [-0.4, -0.2) is 25.5 Å². The Bertz CT molecular complexity index is 686. The van der Waals surface area contributed by atoms with Crippen LogP contribution in [0.1, 0.15) is 49.5 Å². The molecule has 0 spiro atoms. The monoisotopic (exact) mass is 339 g/mol. The van der Waals surface area contributed by atoms with Crippen molar-refractivity contribution in [1.29, 1.82) is 0 Å². The molecule has 1 amide bonds. The lowest BCUT2D eigenvalue weighted by Crippen LogP contribution is -3.13. The molecule has 1 aromatic heterocycles. The molecule has 2 heterocycles. The second-order valence-corrected chi connectivity index (χ2v) is 7.45. The topological polar surface area (TPSA) is 46.7 Å². The number of hydrogen-bond donors (Lipinski definition) is 2. The number of carbonyl (C=O) groups is 1. The van der Waals surface area contributed by atoms with E-state index >= 15 is 0 Å². The molecule has 1 aromatic carbocycles. The first-order valence-electron chi connectivity index (χ1n) is 9.51. The molecule has 2 aliphatic rings. The van der Waals surface area contributed by atoms with Gasteiger partial charge in [0.2, 0.25) is 5.91 Å². The van der Waals surface area contributed by atoms with Crippen molar-refractivity contribution in [3.05, 3.63) is 60.1 Å². The molecule has 2 N–H and O–H groups in total. The van der Waals surface area contributed by atoms with Crippen molar-refractivity contribution < 1.29 is 14.1 Å². The minimum atomic E-state index is -0.299. The zero-order valence-corrected chi connectivity index (χ0v) is 14.7. The molecule has 25 heavy (non-hydrogen) atoms. The van der Waals surface area contributed by atoms with Gasteiger partial charge in [0.15, 0.2) is 11.8 Å². The summed E-state index contributed by atoms with van der Waals surface area (Å²) in [6.07, 6.45) is 7.47. The summed E-state index contributed by atoms with van der Waals surface area (Å²) in [4.78, 5) is 14.5. The van der Waals surface area contributed by atoms with Crippen molar-refractivity contribution in [1.82, 2.24) is 5.32 Å². The zero-order valence-electron chi connectivity index (χ0n) is 14.7. The number of likely N-dealkylation sites (tertiary alicyclic amines) is 1. The summed E-state index contributed by atoms with van der Waals surface area (Å²) < 4.78 is 5.69. The predicted molar refractivity (Wildman–Crippen MR) is 96.4 cm³/mol. The molecule has 2 fully saturated rings. The van der Waals surface area contributed by atoms with Crippen LogP contribution in [0.2, 0.25) is 0 Å². The van der Waals surface area contributed by atoms with Crippen LogP contribution in [0.4, 0.5) is 0 Å². The molecule has 4 nitrogen and oxygen atoms in total. The number of amides is 1. The van der Waals surface area contributed by atoms with Gasteiger partial charge in [-0.25, -0.2) is 0 Å². The average molecular weight is 339 g/mol. The molecule has 1 aliphatic heterocycles. The van der Waals surface area contributed by atoms with Crippen LogP contribution >= 0.6 is 0 Å². The summed E-state index contributed by atoms with van der Waals surface area (Å²) in [6, 6.07) is 14.4. The molecular formula is C21H27N2O2+. The van der Waals surface area contributed by atoms with Crippen molar-refractivity contribution >= 4 is 5.91 Å². The standard InChI is InChI=1S/C21H26N2O2/c24-20(21(11-12-21)17-8-3-1-4-9-17)22-16-18(19-10-7-15-25-19)23-13-5-2-6-14-23/h1,3-4,7-10,15,18H,2,5-6,11-14,16H2,(H,22,24)/p+1/t18-/m1/s1. The van der Waals surface area contributed by atoms with E-state index in [1.165, 1.54) is 24.2 Å². The maximum atomic E-state index is 12.9. The van der Waals surface area contributed by atoms with E-state index in [9.17, 15) is 4.79 Å². The molecule has 1 atom stereocenters. The van der Waals surface area contributed by atoms with Crippen LogP contribution in [0.5, 0.6) is 0 Å². The van der Waals surface area contributed by atoms with Crippen molar-refractivity contribution in [3.63, 3.8) is 0 Å². The smallest absolute Gasteiger partial charge is 0.230 e. The van der Waals surface area contributed by atoms with Gasteiger partial charge in [-0.05, 0) is 49.8 Å². The van der Waals surface area contributed by atoms with E-state index in [4.69, 9.17) is 4.42 Å². The Hall–Kier alpha value is -2.07. The van der Waals surface area contributed by atoms with Crippen LogP contribution in [0, 0.1) is 0 Å². The van der Waals surface area contributed by atoms with Crippen molar-refractivity contribution in [3.8, 4) is 0 Å². The summed E-state index contributed by atoms with van der Waals surface area (Å²) in [5.74, 6) is 1.16. The van der Waals surface area contributed by atoms with Gasteiger partial charge in [-0.15, -0.1) is 0 Å². The molecule has 2 aromatic rings. The van der Waals surface area contributed by atoms with Gasteiger partial charge in [0, 0.05) is 0 Å². The van der Waals surface area contributed by atoms with Gasteiger partial charge in [0.1, 0.15) is 0 Å². The lowest BCUT2D eigenvalue weighted by atomic mass is 9.95. The van der Waals surface area contributed by atoms with Crippen molar-refractivity contribution in [2.45, 2.75) is 43.6 Å². The quantitative estimate of drug-likeness (QED) is 0.848. The lowest BCUT2D eigenvalue weighted by molar-refractivity contribution is -0.936. The predicted octanol–water partition coefficient (Wildman–Crippen LogP) is 2.24. The molecule has 0 bridgehead atoms. The van der Waals surface area contributed by atoms with Gasteiger partial charge < -0.3 is 14.6 Å². The second-order valence-electron chi connectivity index (χ2n) is 7.45. The van der Waals surface area contributed by atoms with Gasteiger partial charge in [0.25, 0.3) is 0 Å². The minimum absolute atomic E-state index is 0.173. The van der Waals surface area contributed by atoms with E-state index in [-0.39, 0.29) is 17.4 Å². The molecule has 4 rings (SSSR count). The Morgan fingerprint density at radius 3 is 2.48 bits per heavy atom. The zero-order chi connectivity index (χ0) is 17.1. The molecule has 132 valence electrons. The first-order chi connectivity index (χ1) is 12.3. The Labute approximate surface area is 149 Å². The largest absolute Gasteiger partial charge is 0.463 e. The third kappa shape index (κ3) is 3.36. The molecule has 1 saturated heterocycles.